The highest BCUT2D eigenvalue weighted by Crippen LogP contribution is 2.12. The Kier molecular flexibility index (Phi) is 6.24. The van der Waals surface area contributed by atoms with Crippen LogP contribution < -0.4 is 10.6 Å². The summed E-state index contributed by atoms with van der Waals surface area (Å²) in [6.07, 6.45) is 3.19. The molecule has 0 aromatic heterocycles. The molecule has 20 heavy (non-hydrogen) atoms. The van der Waals surface area contributed by atoms with Gasteiger partial charge in [0.25, 0.3) is 0 Å². The van der Waals surface area contributed by atoms with Crippen LogP contribution in [0, 0.1) is 5.92 Å². The maximum atomic E-state index is 11.6. The molecular formula is C14H17BrN2O3. The number of carboxylic acid groups (broad SMARTS) is 1. The molecule has 0 bridgehead atoms. The maximum Gasteiger partial charge on any atom is 0.326 e. The van der Waals surface area contributed by atoms with E-state index >= 15 is 0 Å². The Labute approximate surface area is 126 Å². The van der Waals surface area contributed by atoms with Gasteiger partial charge < -0.3 is 15.7 Å². The highest BCUT2D eigenvalue weighted by molar-refractivity contribution is 9.10. The number of hydrogen-bond acceptors (Lipinski definition) is 2. The van der Waals surface area contributed by atoms with Gasteiger partial charge in [0.15, 0.2) is 0 Å². The van der Waals surface area contributed by atoms with Gasteiger partial charge in [-0.25, -0.2) is 9.59 Å². The number of urea groups is 1. The molecule has 1 rings (SSSR count). The van der Waals surface area contributed by atoms with E-state index < -0.39 is 18.0 Å². The van der Waals surface area contributed by atoms with E-state index in [2.05, 4.69) is 26.6 Å². The zero-order chi connectivity index (χ0) is 15.1. The van der Waals surface area contributed by atoms with Gasteiger partial charge in [0.2, 0.25) is 0 Å². The summed E-state index contributed by atoms with van der Waals surface area (Å²) in [6.45, 7) is 3.47. The molecule has 1 aromatic carbocycles. The Balaban J connectivity index is 2.53. The molecular weight excluding hydrogens is 324 g/mol. The van der Waals surface area contributed by atoms with Crippen LogP contribution in [-0.2, 0) is 4.79 Å². The Hall–Kier alpha value is -1.82. The molecule has 5 nitrogen and oxygen atoms in total. The van der Waals surface area contributed by atoms with Crippen LogP contribution in [0.3, 0.4) is 0 Å². The molecule has 108 valence electrons. The first-order valence-electron chi connectivity index (χ1n) is 6.12. The van der Waals surface area contributed by atoms with Crippen LogP contribution in [0.25, 0.3) is 6.08 Å². The van der Waals surface area contributed by atoms with Crippen LogP contribution in [0.4, 0.5) is 4.79 Å². The van der Waals surface area contributed by atoms with Crippen LogP contribution in [0.2, 0.25) is 0 Å². The molecule has 1 aromatic rings. The number of rotatable bonds is 5. The summed E-state index contributed by atoms with van der Waals surface area (Å²) < 4.78 is 0.940. The smallest absolute Gasteiger partial charge is 0.326 e. The topological polar surface area (TPSA) is 78.4 Å². The summed E-state index contributed by atoms with van der Waals surface area (Å²) in [5.74, 6) is -1.24. The van der Waals surface area contributed by atoms with E-state index in [4.69, 9.17) is 5.11 Å². The lowest BCUT2D eigenvalue weighted by Crippen LogP contribution is -2.47. The summed E-state index contributed by atoms with van der Waals surface area (Å²) in [5, 5.41) is 13.8. The number of carbonyl (C=O) groups excluding carboxylic acids is 1. The zero-order valence-corrected chi connectivity index (χ0v) is 12.8. The second-order valence-electron chi connectivity index (χ2n) is 4.57. The molecule has 1 atom stereocenters. The summed E-state index contributed by atoms with van der Waals surface area (Å²) in [5.41, 5.74) is 0.915. The van der Waals surface area contributed by atoms with Gasteiger partial charge in [-0.05, 0) is 29.7 Å². The van der Waals surface area contributed by atoms with Crippen molar-refractivity contribution in [2.45, 2.75) is 19.9 Å². The van der Waals surface area contributed by atoms with Gasteiger partial charge in [0.05, 0.1) is 0 Å². The molecule has 3 N–H and O–H groups in total. The lowest BCUT2D eigenvalue weighted by atomic mass is 10.1. The third-order valence-corrected chi connectivity index (χ3v) is 3.05. The number of aliphatic carboxylic acids is 1. The number of halogens is 1. The Bertz CT molecular complexity index is 515. The van der Waals surface area contributed by atoms with Gasteiger partial charge in [-0.3, -0.25) is 0 Å². The maximum absolute atomic E-state index is 11.6. The fourth-order valence-electron chi connectivity index (χ4n) is 1.52. The van der Waals surface area contributed by atoms with Gasteiger partial charge >= 0.3 is 12.0 Å². The van der Waals surface area contributed by atoms with Gasteiger partial charge in [0, 0.05) is 10.7 Å². The van der Waals surface area contributed by atoms with Crippen molar-refractivity contribution in [2.24, 2.45) is 5.92 Å². The fourth-order valence-corrected chi connectivity index (χ4v) is 1.94. The van der Waals surface area contributed by atoms with Crippen LogP contribution in [0.15, 0.2) is 34.9 Å². The second-order valence-corrected chi connectivity index (χ2v) is 5.48. The Morgan fingerprint density at radius 1 is 1.35 bits per heavy atom. The zero-order valence-electron chi connectivity index (χ0n) is 11.3. The summed E-state index contributed by atoms with van der Waals surface area (Å²) in [7, 11) is 0. The molecule has 1 unspecified atom stereocenters. The van der Waals surface area contributed by atoms with E-state index in [1.165, 1.54) is 6.20 Å². The number of benzene rings is 1. The predicted octanol–water partition coefficient (Wildman–Crippen LogP) is 2.83. The molecule has 0 fully saturated rings. The molecule has 0 aliphatic heterocycles. The first-order chi connectivity index (χ1) is 9.40. The predicted molar refractivity (Wildman–Crippen MR) is 81.1 cm³/mol. The third kappa shape index (κ3) is 5.44. The van der Waals surface area contributed by atoms with Crippen LogP contribution in [-0.4, -0.2) is 23.1 Å². The third-order valence-electron chi connectivity index (χ3n) is 2.56. The molecule has 0 saturated carbocycles. The molecule has 0 saturated heterocycles. The van der Waals surface area contributed by atoms with Crippen molar-refractivity contribution in [3.8, 4) is 0 Å². The number of hydrogen-bond donors (Lipinski definition) is 3. The minimum atomic E-state index is -1.05. The van der Waals surface area contributed by atoms with Crippen LogP contribution in [0.5, 0.6) is 0 Å². The van der Waals surface area contributed by atoms with E-state index in [1.54, 1.807) is 19.9 Å². The minimum absolute atomic E-state index is 0.188. The SMILES string of the molecule is CC(C)C(NC(=O)N/C=C/c1cccc(Br)c1)C(=O)O. The van der Waals surface area contributed by atoms with Crippen molar-refractivity contribution >= 4 is 34.0 Å². The van der Waals surface area contributed by atoms with E-state index in [0.29, 0.717) is 0 Å². The molecule has 2 amide bonds. The lowest BCUT2D eigenvalue weighted by Gasteiger charge is -2.17. The van der Waals surface area contributed by atoms with Crippen molar-refractivity contribution < 1.29 is 14.7 Å². The molecule has 0 radical (unpaired) electrons. The van der Waals surface area contributed by atoms with E-state index in [0.717, 1.165) is 10.0 Å². The number of nitrogens with one attached hydrogen (secondary N) is 2. The monoisotopic (exact) mass is 340 g/mol. The quantitative estimate of drug-likeness (QED) is 0.771. The van der Waals surface area contributed by atoms with Crippen molar-refractivity contribution in [2.75, 3.05) is 0 Å². The van der Waals surface area contributed by atoms with Gasteiger partial charge in [-0.1, -0.05) is 41.9 Å². The molecule has 0 aliphatic rings. The summed E-state index contributed by atoms with van der Waals surface area (Å²) >= 11 is 3.35. The number of carbonyl (C=O) groups is 2. The van der Waals surface area contributed by atoms with Crippen molar-refractivity contribution in [3.63, 3.8) is 0 Å². The van der Waals surface area contributed by atoms with Gasteiger partial charge in [-0.15, -0.1) is 0 Å². The van der Waals surface area contributed by atoms with Crippen LogP contribution >= 0.6 is 15.9 Å². The average molecular weight is 341 g/mol. The van der Waals surface area contributed by atoms with E-state index in [-0.39, 0.29) is 5.92 Å². The highest BCUT2D eigenvalue weighted by atomic mass is 79.9. The normalized spacial score (nSPS) is 12.4. The molecule has 6 heteroatoms. The summed E-state index contributed by atoms with van der Waals surface area (Å²) in [4.78, 5) is 22.5. The first kappa shape index (κ1) is 16.2. The second kappa shape index (κ2) is 7.69. The molecule has 0 aliphatic carbocycles. The van der Waals surface area contributed by atoms with E-state index in [1.807, 2.05) is 24.3 Å². The molecule has 0 spiro atoms. The first-order valence-corrected chi connectivity index (χ1v) is 6.91. The standard InChI is InChI=1S/C14H17BrN2O3/c1-9(2)12(13(18)19)17-14(20)16-7-6-10-4-3-5-11(15)8-10/h3-9,12H,1-2H3,(H,18,19)(H2,16,17,20)/b7-6+. The highest BCUT2D eigenvalue weighted by Gasteiger charge is 2.22. The Morgan fingerprint density at radius 2 is 2.05 bits per heavy atom. The van der Waals surface area contributed by atoms with E-state index in [9.17, 15) is 9.59 Å². The fraction of sp³-hybridized carbons (Fsp3) is 0.286. The molecule has 0 heterocycles. The van der Waals surface area contributed by atoms with Crippen molar-refractivity contribution in [1.82, 2.24) is 10.6 Å². The lowest BCUT2D eigenvalue weighted by molar-refractivity contribution is -0.140. The van der Waals surface area contributed by atoms with Gasteiger partial charge in [0.1, 0.15) is 6.04 Å². The largest absolute Gasteiger partial charge is 0.480 e. The van der Waals surface area contributed by atoms with Gasteiger partial charge in [-0.2, -0.15) is 0 Å². The Morgan fingerprint density at radius 3 is 2.60 bits per heavy atom. The number of carboxylic acids is 1. The van der Waals surface area contributed by atoms with Crippen molar-refractivity contribution in [3.05, 3.63) is 40.5 Å². The minimum Gasteiger partial charge on any atom is -0.480 e. The summed E-state index contributed by atoms with van der Waals surface area (Å²) in [6, 6.07) is 6.10. The average Bonchev–Trinajstić information content (AvgIpc) is 2.35. The van der Waals surface area contributed by atoms with Crippen molar-refractivity contribution in [1.29, 1.82) is 0 Å². The number of amides is 2. The van der Waals surface area contributed by atoms with Crippen LogP contribution in [0.1, 0.15) is 19.4 Å².